The van der Waals surface area contributed by atoms with Crippen molar-refractivity contribution >= 4 is 44.4 Å². The Kier molecular flexibility index (Phi) is 11.6. The van der Waals surface area contributed by atoms with Gasteiger partial charge in [0, 0.05) is 41.6 Å². The number of fused-ring (bicyclic) bond motifs is 5. The Morgan fingerprint density at radius 1 is 0.932 bits per heavy atom. The van der Waals surface area contributed by atoms with E-state index in [4.69, 9.17) is 9.84 Å². The lowest BCUT2D eigenvalue weighted by Gasteiger charge is -2.42. The minimum atomic E-state index is -3.77. The van der Waals surface area contributed by atoms with Gasteiger partial charge in [0.05, 0.1) is 54.5 Å². The first kappa shape index (κ1) is 41.3. The SMILES string of the molecule is COc1ccc2c(c1)C=C(c1c(C(=O)N3C[C@@H](C)N(C)[C@@H](C)C3)cnn1C1CCN(C)CC1)Cn1c-2c(C2CCCCC2)c2ccc(CC(=O)NS(=O)(=O)C(C)C)cc21. The monoisotopic (exact) mass is 823 g/mol. The summed E-state index contributed by atoms with van der Waals surface area (Å²) in [7, 11) is 2.22. The van der Waals surface area contributed by atoms with Gasteiger partial charge in [-0.05, 0) is 139 Å². The quantitative estimate of drug-likeness (QED) is 0.193. The van der Waals surface area contributed by atoms with Gasteiger partial charge in [-0.1, -0.05) is 31.4 Å². The van der Waals surface area contributed by atoms with Crippen molar-refractivity contribution in [1.82, 2.24) is 33.8 Å². The van der Waals surface area contributed by atoms with E-state index in [2.05, 4.69) is 82.1 Å². The van der Waals surface area contributed by atoms with Crippen LogP contribution in [0.3, 0.4) is 0 Å². The van der Waals surface area contributed by atoms with Crippen molar-refractivity contribution in [3.05, 3.63) is 70.5 Å². The molecule has 0 radical (unpaired) electrons. The Hall–Kier alpha value is -4.46. The van der Waals surface area contributed by atoms with Gasteiger partial charge in [-0.15, -0.1) is 0 Å². The van der Waals surface area contributed by atoms with E-state index in [1.165, 1.54) is 24.8 Å². The fraction of sp³-hybridized carbons (Fsp3) is 0.543. The van der Waals surface area contributed by atoms with E-state index in [1.807, 2.05) is 23.2 Å². The van der Waals surface area contributed by atoms with E-state index in [0.717, 1.165) is 89.1 Å². The zero-order chi connectivity index (χ0) is 41.7. The lowest BCUT2D eigenvalue weighted by molar-refractivity contribution is -0.118. The maximum absolute atomic E-state index is 14.9. The molecule has 12 nitrogen and oxygen atoms in total. The van der Waals surface area contributed by atoms with Crippen LogP contribution >= 0.6 is 0 Å². The third-order valence-corrected chi connectivity index (χ3v) is 15.4. The van der Waals surface area contributed by atoms with Crippen molar-refractivity contribution in [1.29, 1.82) is 0 Å². The number of piperazine rings is 1. The van der Waals surface area contributed by atoms with Crippen LogP contribution in [0, 0.1) is 0 Å². The second-order valence-corrected chi connectivity index (χ2v) is 20.1. The van der Waals surface area contributed by atoms with Gasteiger partial charge in [-0.2, -0.15) is 5.10 Å². The minimum Gasteiger partial charge on any atom is -0.497 e. The van der Waals surface area contributed by atoms with Gasteiger partial charge in [0.15, 0.2) is 0 Å². The molecule has 2 aromatic heterocycles. The van der Waals surface area contributed by atoms with Crippen molar-refractivity contribution in [3.8, 4) is 17.0 Å². The average molecular weight is 824 g/mol. The average Bonchev–Trinajstić information content (AvgIpc) is 3.74. The first-order valence-corrected chi connectivity index (χ1v) is 23.1. The van der Waals surface area contributed by atoms with Crippen molar-refractivity contribution < 1.29 is 22.7 Å². The number of hydrogen-bond donors (Lipinski definition) is 1. The summed E-state index contributed by atoms with van der Waals surface area (Å²) in [6.07, 6.45) is 11.6. The van der Waals surface area contributed by atoms with Gasteiger partial charge >= 0.3 is 0 Å². The van der Waals surface area contributed by atoms with Gasteiger partial charge in [0.2, 0.25) is 15.9 Å². The van der Waals surface area contributed by atoms with Crippen molar-refractivity contribution in [2.75, 3.05) is 47.4 Å². The smallest absolute Gasteiger partial charge is 0.257 e. The molecule has 1 aliphatic carbocycles. The molecule has 0 spiro atoms. The number of likely N-dealkylation sites (N-methyl/N-ethyl adjacent to an activating group) is 1. The van der Waals surface area contributed by atoms with E-state index in [9.17, 15) is 18.0 Å². The summed E-state index contributed by atoms with van der Waals surface area (Å²) in [5.74, 6) is 0.567. The van der Waals surface area contributed by atoms with Crippen molar-refractivity contribution in [2.24, 2.45) is 0 Å². The van der Waals surface area contributed by atoms with Gasteiger partial charge in [-0.3, -0.25) is 23.9 Å². The summed E-state index contributed by atoms with van der Waals surface area (Å²) < 4.78 is 38.0. The number of allylic oxidation sites excluding steroid dienone is 1. The topological polar surface area (TPSA) is 122 Å². The summed E-state index contributed by atoms with van der Waals surface area (Å²) >= 11 is 0. The number of nitrogens with zero attached hydrogens (tertiary/aromatic N) is 6. The Morgan fingerprint density at radius 3 is 2.32 bits per heavy atom. The molecule has 3 aliphatic heterocycles. The molecule has 316 valence electrons. The molecule has 2 atom stereocenters. The second kappa shape index (κ2) is 16.5. The molecule has 59 heavy (non-hydrogen) atoms. The molecule has 8 rings (SSSR count). The number of carbonyl (C=O) groups excluding carboxylic acids is 2. The fourth-order valence-electron chi connectivity index (χ4n) is 9.93. The molecule has 3 fully saturated rings. The minimum absolute atomic E-state index is 0.00659. The third-order valence-electron chi connectivity index (χ3n) is 13.6. The summed E-state index contributed by atoms with van der Waals surface area (Å²) in [5.41, 5.74) is 8.80. The molecule has 1 saturated carbocycles. The highest BCUT2D eigenvalue weighted by atomic mass is 32.2. The van der Waals surface area contributed by atoms with Crippen molar-refractivity contribution in [3.63, 3.8) is 0 Å². The number of nitrogens with one attached hydrogen (secondary N) is 1. The molecular weight excluding hydrogens is 763 g/mol. The van der Waals surface area contributed by atoms with E-state index in [1.54, 1.807) is 21.0 Å². The number of piperidine rings is 1. The number of sulfonamides is 1. The number of aromatic nitrogens is 3. The number of rotatable bonds is 9. The van der Waals surface area contributed by atoms with Crippen LogP contribution in [-0.4, -0.2) is 114 Å². The first-order valence-electron chi connectivity index (χ1n) is 21.6. The number of carbonyl (C=O) groups is 2. The lowest BCUT2D eigenvalue weighted by atomic mass is 9.81. The maximum atomic E-state index is 14.9. The number of ether oxygens (including phenoxy) is 1. The molecule has 5 heterocycles. The molecule has 2 aromatic carbocycles. The largest absolute Gasteiger partial charge is 0.497 e. The zero-order valence-electron chi connectivity index (χ0n) is 35.8. The van der Waals surface area contributed by atoms with Gasteiger partial charge in [-0.25, -0.2) is 8.42 Å². The zero-order valence-corrected chi connectivity index (χ0v) is 36.6. The van der Waals surface area contributed by atoms with Crippen LogP contribution in [0.25, 0.3) is 33.8 Å². The van der Waals surface area contributed by atoms with Crippen LogP contribution in [0.15, 0.2) is 42.6 Å². The van der Waals surface area contributed by atoms with Crippen LogP contribution < -0.4 is 9.46 Å². The summed E-state index contributed by atoms with van der Waals surface area (Å²) in [6, 6.07) is 13.1. The summed E-state index contributed by atoms with van der Waals surface area (Å²) in [5, 5.41) is 5.51. The van der Waals surface area contributed by atoms with Crippen LogP contribution in [0.2, 0.25) is 0 Å². The van der Waals surface area contributed by atoms with Crippen LogP contribution in [0.1, 0.15) is 117 Å². The second-order valence-electron chi connectivity index (χ2n) is 17.9. The van der Waals surface area contributed by atoms with E-state index in [0.29, 0.717) is 31.1 Å². The molecule has 2 amide bonds. The number of hydrogen-bond acceptors (Lipinski definition) is 8. The number of likely N-dealkylation sites (tertiary alicyclic amines) is 1. The van der Waals surface area contributed by atoms with E-state index < -0.39 is 21.2 Å². The predicted molar refractivity (Wildman–Crippen MR) is 234 cm³/mol. The maximum Gasteiger partial charge on any atom is 0.257 e. The molecule has 1 N–H and O–H groups in total. The van der Waals surface area contributed by atoms with Crippen molar-refractivity contribution in [2.45, 2.75) is 115 Å². The predicted octanol–water partition coefficient (Wildman–Crippen LogP) is 6.94. The number of amides is 2. The van der Waals surface area contributed by atoms with E-state index in [-0.39, 0.29) is 30.5 Å². The molecule has 4 aromatic rings. The Morgan fingerprint density at radius 2 is 1.64 bits per heavy atom. The standard InChI is InChI=1S/C46H61N7O5S/c1-29(2)59(56,57)48-42(54)22-32-13-15-39-41(21-32)52-28-35(23-34-24-37(58-7)14-16-38(34)45(52)43(39)33-11-9-8-10-12-33)44-40(25-47-53(44)36-17-19-49(5)20-18-36)46(55)51-26-30(3)50(6)31(4)27-51/h13-16,21,23-25,29-31,33,36H,8-12,17-20,22,26-28H2,1-7H3,(H,48,54)/t30-,31+. The molecule has 0 bridgehead atoms. The van der Waals surface area contributed by atoms with Crippen LogP contribution in [0.4, 0.5) is 0 Å². The lowest BCUT2D eigenvalue weighted by Crippen LogP contribution is -2.56. The Labute approximate surface area is 349 Å². The molecule has 0 unspecified atom stereocenters. The Bertz CT molecular complexity index is 2370. The highest BCUT2D eigenvalue weighted by molar-refractivity contribution is 7.90. The van der Waals surface area contributed by atoms with Crippen LogP contribution in [0.5, 0.6) is 5.75 Å². The molecule has 13 heteroatoms. The first-order chi connectivity index (χ1) is 28.2. The van der Waals surface area contributed by atoms with Gasteiger partial charge in [0.1, 0.15) is 5.75 Å². The third kappa shape index (κ3) is 7.98. The Balaban J connectivity index is 1.32. The van der Waals surface area contributed by atoms with E-state index >= 15 is 0 Å². The number of benzene rings is 2. The van der Waals surface area contributed by atoms with Crippen LogP contribution in [-0.2, 0) is 27.8 Å². The van der Waals surface area contributed by atoms with Gasteiger partial charge in [0.25, 0.3) is 5.91 Å². The normalized spacial score (nSPS) is 21.3. The van der Waals surface area contributed by atoms with Gasteiger partial charge < -0.3 is 19.1 Å². The molecule has 4 aliphatic rings. The highest BCUT2D eigenvalue weighted by Crippen LogP contribution is 2.48. The highest BCUT2D eigenvalue weighted by Gasteiger charge is 2.36. The molecule has 2 saturated heterocycles. The molecular formula is C46H61N7O5S. The number of methoxy groups -OCH3 is 1. The summed E-state index contributed by atoms with van der Waals surface area (Å²) in [6.45, 7) is 11.1. The fourth-order valence-corrected chi connectivity index (χ4v) is 10.6. The summed E-state index contributed by atoms with van der Waals surface area (Å²) in [4.78, 5) is 34.8.